The van der Waals surface area contributed by atoms with Gasteiger partial charge in [0, 0.05) is 37.1 Å². The molecule has 0 fully saturated rings. The Balaban J connectivity index is 1.80. The zero-order valence-corrected chi connectivity index (χ0v) is 17.8. The van der Waals surface area contributed by atoms with Crippen molar-refractivity contribution in [1.29, 1.82) is 0 Å². The molecular weight excluding hydrogens is 396 g/mol. The van der Waals surface area contributed by atoms with Gasteiger partial charge in [0.1, 0.15) is 16.8 Å². The Bertz CT molecular complexity index is 1120. The minimum absolute atomic E-state index is 0.0528. The first-order chi connectivity index (χ1) is 14.9. The molecule has 3 rings (SSSR count). The van der Waals surface area contributed by atoms with Crippen LogP contribution in [0.3, 0.4) is 0 Å². The van der Waals surface area contributed by atoms with Crippen molar-refractivity contribution in [3.05, 3.63) is 75.8 Å². The molecule has 8 heteroatoms. The normalized spacial score (nSPS) is 10.8. The minimum atomic E-state index is -0.603. The van der Waals surface area contributed by atoms with Crippen molar-refractivity contribution in [1.82, 2.24) is 20.4 Å². The number of carbonyl (C=O) groups is 2. The summed E-state index contributed by atoms with van der Waals surface area (Å²) in [5, 5.41) is 9.28. The molecule has 2 amide bonds. The Morgan fingerprint density at radius 3 is 2.32 bits per heavy atom. The smallest absolute Gasteiger partial charge is 0.257 e. The standard InChI is InChI=1S/C23H26N4O4/c1-4-24-22(29)18-13-27(12-15(2)3)14-19(21(18)28)23(30)25-11-17-10-20(31-26-17)16-8-6-5-7-9-16/h5-10,13-15H,4,11-12H2,1-3H3,(H,24,29)(H,25,30). The third-order valence-corrected chi connectivity index (χ3v) is 4.53. The number of carbonyl (C=O) groups excluding carboxylic acids is 2. The summed E-state index contributed by atoms with van der Waals surface area (Å²) >= 11 is 0. The van der Waals surface area contributed by atoms with Gasteiger partial charge in [-0.15, -0.1) is 0 Å². The molecule has 0 atom stereocenters. The van der Waals surface area contributed by atoms with Gasteiger partial charge in [-0.3, -0.25) is 14.4 Å². The highest BCUT2D eigenvalue weighted by atomic mass is 16.5. The zero-order chi connectivity index (χ0) is 22.4. The molecule has 31 heavy (non-hydrogen) atoms. The maximum atomic E-state index is 12.8. The summed E-state index contributed by atoms with van der Waals surface area (Å²) in [7, 11) is 0. The summed E-state index contributed by atoms with van der Waals surface area (Å²) in [6.07, 6.45) is 2.98. The molecule has 2 heterocycles. The molecule has 0 spiro atoms. The van der Waals surface area contributed by atoms with E-state index in [0.29, 0.717) is 24.5 Å². The maximum Gasteiger partial charge on any atom is 0.257 e. The van der Waals surface area contributed by atoms with Crippen molar-refractivity contribution in [2.45, 2.75) is 33.9 Å². The van der Waals surface area contributed by atoms with E-state index in [2.05, 4.69) is 15.8 Å². The second-order valence-electron chi connectivity index (χ2n) is 7.60. The van der Waals surface area contributed by atoms with Gasteiger partial charge in [0.2, 0.25) is 5.43 Å². The van der Waals surface area contributed by atoms with Crippen molar-refractivity contribution in [3.8, 4) is 11.3 Å². The third-order valence-electron chi connectivity index (χ3n) is 4.53. The van der Waals surface area contributed by atoms with Crippen LogP contribution in [0.5, 0.6) is 0 Å². The molecule has 8 nitrogen and oxygen atoms in total. The monoisotopic (exact) mass is 422 g/mol. The summed E-state index contributed by atoms with van der Waals surface area (Å²) in [6.45, 7) is 6.83. The van der Waals surface area contributed by atoms with E-state index in [1.807, 2.05) is 44.2 Å². The summed E-state index contributed by atoms with van der Waals surface area (Å²) in [5.41, 5.74) is 0.654. The lowest BCUT2D eigenvalue weighted by Crippen LogP contribution is -2.35. The molecular formula is C23H26N4O4. The van der Waals surface area contributed by atoms with Gasteiger partial charge >= 0.3 is 0 Å². The molecule has 0 unspecified atom stereocenters. The van der Waals surface area contributed by atoms with E-state index >= 15 is 0 Å². The van der Waals surface area contributed by atoms with E-state index in [1.165, 1.54) is 12.4 Å². The van der Waals surface area contributed by atoms with Crippen LogP contribution in [0, 0.1) is 5.92 Å². The number of pyridine rings is 1. The number of nitrogens with zero attached hydrogens (tertiary/aromatic N) is 2. The van der Waals surface area contributed by atoms with Crippen molar-refractivity contribution >= 4 is 11.8 Å². The van der Waals surface area contributed by atoms with Gasteiger partial charge in [-0.05, 0) is 12.8 Å². The fourth-order valence-corrected chi connectivity index (χ4v) is 3.14. The van der Waals surface area contributed by atoms with Crippen LogP contribution >= 0.6 is 0 Å². The van der Waals surface area contributed by atoms with E-state index in [-0.39, 0.29) is 23.6 Å². The van der Waals surface area contributed by atoms with Gasteiger partial charge in [-0.1, -0.05) is 49.3 Å². The van der Waals surface area contributed by atoms with Crippen LogP contribution in [-0.2, 0) is 13.1 Å². The van der Waals surface area contributed by atoms with E-state index in [9.17, 15) is 14.4 Å². The molecule has 0 radical (unpaired) electrons. The Labute approximate surface area is 180 Å². The number of nitrogens with one attached hydrogen (secondary N) is 2. The molecule has 162 valence electrons. The first-order valence-electron chi connectivity index (χ1n) is 10.2. The van der Waals surface area contributed by atoms with Crippen LogP contribution in [0.15, 0.2) is 58.1 Å². The number of hydrogen-bond donors (Lipinski definition) is 2. The lowest BCUT2D eigenvalue weighted by Gasteiger charge is -2.13. The average molecular weight is 422 g/mol. The highest BCUT2D eigenvalue weighted by Crippen LogP contribution is 2.19. The van der Waals surface area contributed by atoms with E-state index in [0.717, 1.165) is 5.56 Å². The van der Waals surface area contributed by atoms with Gasteiger partial charge in [-0.25, -0.2) is 0 Å². The molecule has 0 aliphatic heterocycles. The van der Waals surface area contributed by atoms with Crippen molar-refractivity contribution in [3.63, 3.8) is 0 Å². The second kappa shape index (κ2) is 9.88. The molecule has 0 saturated heterocycles. The van der Waals surface area contributed by atoms with Gasteiger partial charge in [-0.2, -0.15) is 0 Å². The molecule has 0 saturated carbocycles. The fraction of sp³-hybridized carbons (Fsp3) is 0.304. The van der Waals surface area contributed by atoms with Gasteiger partial charge < -0.3 is 19.7 Å². The predicted octanol–water partition coefficient (Wildman–Crippen LogP) is 2.84. The van der Waals surface area contributed by atoms with Gasteiger partial charge in [0.05, 0.1) is 6.54 Å². The Morgan fingerprint density at radius 2 is 1.71 bits per heavy atom. The van der Waals surface area contributed by atoms with Crippen LogP contribution in [0.2, 0.25) is 0 Å². The van der Waals surface area contributed by atoms with Crippen molar-refractivity contribution < 1.29 is 14.1 Å². The SMILES string of the molecule is CCNC(=O)c1cn(CC(C)C)cc(C(=O)NCc2cc(-c3ccccc3)on2)c1=O. The minimum Gasteiger partial charge on any atom is -0.356 e. The van der Waals surface area contributed by atoms with Gasteiger partial charge in [0.15, 0.2) is 5.76 Å². The summed E-state index contributed by atoms with van der Waals surface area (Å²) in [6, 6.07) is 11.2. The van der Waals surface area contributed by atoms with E-state index < -0.39 is 17.2 Å². The van der Waals surface area contributed by atoms with Crippen LogP contribution in [-0.4, -0.2) is 28.1 Å². The Kier molecular flexibility index (Phi) is 7.02. The first kappa shape index (κ1) is 22.0. The molecule has 2 aromatic heterocycles. The molecule has 2 N–H and O–H groups in total. The molecule has 0 aliphatic rings. The second-order valence-corrected chi connectivity index (χ2v) is 7.60. The third kappa shape index (κ3) is 5.48. The Morgan fingerprint density at radius 1 is 1.06 bits per heavy atom. The van der Waals surface area contributed by atoms with Crippen molar-refractivity contribution in [2.24, 2.45) is 5.92 Å². The number of amides is 2. The summed E-state index contributed by atoms with van der Waals surface area (Å²) in [4.78, 5) is 37.9. The zero-order valence-electron chi connectivity index (χ0n) is 17.8. The largest absolute Gasteiger partial charge is 0.356 e. The average Bonchev–Trinajstić information content (AvgIpc) is 3.22. The molecule has 0 bridgehead atoms. The number of rotatable bonds is 8. The first-order valence-corrected chi connectivity index (χ1v) is 10.2. The molecule has 1 aromatic carbocycles. The number of aromatic nitrogens is 2. The van der Waals surface area contributed by atoms with Crippen LogP contribution in [0.1, 0.15) is 47.2 Å². The number of benzene rings is 1. The van der Waals surface area contributed by atoms with E-state index in [4.69, 9.17) is 4.52 Å². The van der Waals surface area contributed by atoms with Crippen LogP contribution in [0.25, 0.3) is 11.3 Å². The number of hydrogen-bond acceptors (Lipinski definition) is 5. The van der Waals surface area contributed by atoms with E-state index in [1.54, 1.807) is 17.6 Å². The lowest BCUT2D eigenvalue weighted by molar-refractivity contribution is 0.0947. The molecule has 0 aliphatic carbocycles. The molecule has 3 aromatic rings. The van der Waals surface area contributed by atoms with Crippen LogP contribution in [0.4, 0.5) is 0 Å². The van der Waals surface area contributed by atoms with Crippen molar-refractivity contribution in [2.75, 3.05) is 6.54 Å². The fourth-order valence-electron chi connectivity index (χ4n) is 3.14. The highest BCUT2D eigenvalue weighted by Gasteiger charge is 2.19. The summed E-state index contributed by atoms with van der Waals surface area (Å²) < 4.78 is 7.04. The van der Waals surface area contributed by atoms with Gasteiger partial charge in [0.25, 0.3) is 11.8 Å². The quantitative estimate of drug-likeness (QED) is 0.581. The van der Waals surface area contributed by atoms with Crippen LogP contribution < -0.4 is 16.1 Å². The lowest BCUT2D eigenvalue weighted by atomic mass is 10.1. The Hall–Kier alpha value is -3.68. The highest BCUT2D eigenvalue weighted by molar-refractivity contribution is 5.99. The predicted molar refractivity (Wildman–Crippen MR) is 117 cm³/mol. The topological polar surface area (TPSA) is 106 Å². The maximum absolute atomic E-state index is 12.8. The summed E-state index contributed by atoms with van der Waals surface area (Å²) in [5.74, 6) is -0.212.